The van der Waals surface area contributed by atoms with E-state index in [0.29, 0.717) is 0 Å². The minimum Gasteiger partial charge on any atom is -0.372 e. The number of thioether (sulfide) groups is 1. The summed E-state index contributed by atoms with van der Waals surface area (Å²) in [5, 5.41) is 0. The highest BCUT2D eigenvalue weighted by atomic mass is 32.2. The van der Waals surface area contributed by atoms with E-state index in [2.05, 4.69) is 97.0 Å². The third-order valence-electron chi connectivity index (χ3n) is 4.12. The highest BCUT2D eigenvalue weighted by molar-refractivity contribution is 7.99. The molecule has 0 aliphatic rings. The third-order valence-corrected chi connectivity index (χ3v) is 5.27. The normalized spacial score (nSPS) is 14.7. The second-order valence-electron chi connectivity index (χ2n) is 9.34. The molecule has 0 aliphatic carbocycles. The highest BCUT2D eigenvalue weighted by Gasteiger charge is 2.27. The lowest BCUT2D eigenvalue weighted by molar-refractivity contribution is -0.108. The van der Waals surface area contributed by atoms with Gasteiger partial charge >= 0.3 is 0 Å². The molecule has 0 bridgehead atoms. The molecule has 2 rings (SSSR count). The first kappa shape index (κ1) is 23.0. The van der Waals surface area contributed by atoms with Gasteiger partial charge in [-0.2, -0.15) is 0 Å². The van der Waals surface area contributed by atoms with Gasteiger partial charge in [0.05, 0.1) is 23.4 Å². The van der Waals surface area contributed by atoms with Gasteiger partial charge in [-0.05, 0) is 66.2 Å². The molecule has 0 saturated heterocycles. The molecule has 0 fully saturated rings. The molecule has 2 nitrogen and oxygen atoms in total. The van der Waals surface area contributed by atoms with E-state index in [9.17, 15) is 0 Å². The molecular weight excluding hydrogens is 364 g/mol. The minimum absolute atomic E-state index is 0.00664. The van der Waals surface area contributed by atoms with Crippen LogP contribution >= 0.6 is 11.8 Å². The van der Waals surface area contributed by atoms with Crippen LogP contribution in [0.2, 0.25) is 0 Å². The van der Waals surface area contributed by atoms with Crippen LogP contribution in [0.25, 0.3) is 0 Å². The van der Waals surface area contributed by atoms with Crippen LogP contribution in [-0.4, -0.2) is 23.1 Å². The zero-order chi connectivity index (χ0) is 20.8. The smallest absolute Gasteiger partial charge is 0.0857 e. The van der Waals surface area contributed by atoms with Crippen molar-refractivity contribution in [3.8, 4) is 0 Å². The Labute approximate surface area is 176 Å². The minimum atomic E-state index is -0.211. The maximum atomic E-state index is 6.45. The van der Waals surface area contributed by atoms with Crippen LogP contribution in [-0.2, 0) is 9.47 Å². The molecule has 0 heterocycles. The number of hydrogen-bond acceptors (Lipinski definition) is 3. The summed E-state index contributed by atoms with van der Waals surface area (Å²) in [5.41, 5.74) is 2.09. The zero-order valence-corrected chi connectivity index (χ0v) is 19.3. The van der Waals surface area contributed by atoms with Gasteiger partial charge in [0.1, 0.15) is 0 Å². The van der Waals surface area contributed by atoms with Gasteiger partial charge in [-0.15, -0.1) is 11.8 Å². The number of hydrogen-bond donors (Lipinski definition) is 0. The van der Waals surface area contributed by atoms with E-state index >= 15 is 0 Å². The van der Waals surface area contributed by atoms with E-state index in [1.54, 1.807) is 0 Å². The van der Waals surface area contributed by atoms with E-state index in [1.165, 1.54) is 16.0 Å². The molecular formula is C25H36O2S. The lowest BCUT2D eigenvalue weighted by atomic mass is 10.0. The monoisotopic (exact) mass is 400 g/mol. The van der Waals surface area contributed by atoms with Gasteiger partial charge in [0, 0.05) is 17.1 Å². The Morgan fingerprint density at radius 1 is 0.786 bits per heavy atom. The van der Waals surface area contributed by atoms with Crippen molar-refractivity contribution in [2.45, 2.75) is 83.2 Å². The van der Waals surface area contributed by atoms with Crippen LogP contribution in [0, 0.1) is 6.92 Å². The van der Waals surface area contributed by atoms with Gasteiger partial charge in [-0.3, -0.25) is 0 Å². The quantitative estimate of drug-likeness (QED) is 0.436. The molecule has 0 saturated carbocycles. The van der Waals surface area contributed by atoms with E-state index < -0.39 is 0 Å². The summed E-state index contributed by atoms with van der Waals surface area (Å²) in [5.74, 6) is 0.900. The van der Waals surface area contributed by atoms with Crippen LogP contribution in [0.15, 0.2) is 59.5 Å². The predicted octanol–water partition coefficient (Wildman–Crippen LogP) is 7.22. The summed E-state index contributed by atoms with van der Waals surface area (Å²) in [6, 6.07) is 19.2. The van der Waals surface area contributed by atoms with Crippen molar-refractivity contribution in [1.82, 2.24) is 0 Å². The van der Waals surface area contributed by atoms with Crippen LogP contribution in [0.4, 0.5) is 0 Å². The summed E-state index contributed by atoms with van der Waals surface area (Å²) < 4.78 is 12.9. The van der Waals surface area contributed by atoms with Crippen LogP contribution < -0.4 is 0 Å². The average molecular weight is 401 g/mol. The maximum Gasteiger partial charge on any atom is 0.0857 e. The number of rotatable bonds is 8. The van der Waals surface area contributed by atoms with Gasteiger partial charge in [0.2, 0.25) is 0 Å². The fourth-order valence-electron chi connectivity index (χ4n) is 3.06. The third kappa shape index (κ3) is 8.81. The molecule has 0 amide bonds. The maximum absolute atomic E-state index is 6.45. The standard InChI is InChI=1S/C25H36O2S/c1-19-13-15-22(16-14-19)28-18-21(26-24(2,3)4)17-23(27-25(5,6)7)20-11-9-8-10-12-20/h8-16,21,23H,17-18H2,1-7H3/t21-,23-/m1/s1. The van der Waals surface area contributed by atoms with Crippen molar-refractivity contribution in [2.75, 3.05) is 5.75 Å². The SMILES string of the molecule is Cc1ccc(SC[C@@H](C[C@@H](OC(C)(C)C)c2ccccc2)OC(C)(C)C)cc1. The van der Waals surface area contributed by atoms with E-state index in [1.807, 2.05) is 17.8 Å². The van der Waals surface area contributed by atoms with Crippen LogP contribution in [0.5, 0.6) is 0 Å². The summed E-state index contributed by atoms with van der Waals surface area (Å²) in [6.07, 6.45) is 0.934. The highest BCUT2D eigenvalue weighted by Crippen LogP contribution is 2.32. The summed E-state index contributed by atoms with van der Waals surface area (Å²) in [6.45, 7) is 14.8. The molecule has 2 aromatic carbocycles. The first-order chi connectivity index (χ1) is 13.0. The molecule has 0 unspecified atom stereocenters. The molecule has 0 N–H and O–H groups in total. The van der Waals surface area contributed by atoms with E-state index in [4.69, 9.17) is 9.47 Å². The number of ether oxygens (including phenoxy) is 2. The Kier molecular flexibility index (Phi) is 8.18. The topological polar surface area (TPSA) is 18.5 Å². The first-order valence-corrected chi connectivity index (χ1v) is 11.1. The van der Waals surface area contributed by atoms with E-state index in [-0.39, 0.29) is 23.4 Å². The fraction of sp³-hybridized carbons (Fsp3) is 0.520. The first-order valence-electron chi connectivity index (χ1n) is 10.1. The summed E-state index contributed by atoms with van der Waals surface area (Å²) in [7, 11) is 0. The van der Waals surface area contributed by atoms with Crippen molar-refractivity contribution >= 4 is 11.8 Å². The molecule has 28 heavy (non-hydrogen) atoms. The molecule has 0 aromatic heterocycles. The molecule has 0 aliphatic heterocycles. The Hall–Kier alpha value is -1.29. The molecule has 0 spiro atoms. The molecule has 2 aromatic rings. The van der Waals surface area contributed by atoms with Crippen molar-refractivity contribution in [3.63, 3.8) is 0 Å². The molecule has 3 heteroatoms. The Morgan fingerprint density at radius 2 is 1.36 bits per heavy atom. The summed E-state index contributed by atoms with van der Waals surface area (Å²) >= 11 is 1.85. The summed E-state index contributed by atoms with van der Waals surface area (Å²) in [4.78, 5) is 1.28. The molecule has 154 valence electrons. The zero-order valence-electron chi connectivity index (χ0n) is 18.5. The van der Waals surface area contributed by atoms with Gasteiger partial charge in [-0.25, -0.2) is 0 Å². The predicted molar refractivity (Wildman–Crippen MR) is 121 cm³/mol. The average Bonchev–Trinajstić information content (AvgIpc) is 2.59. The van der Waals surface area contributed by atoms with Gasteiger partial charge in [-0.1, -0.05) is 48.0 Å². The number of benzene rings is 2. The van der Waals surface area contributed by atoms with Gasteiger partial charge in [0.15, 0.2) is 0 Å². The van der Waals surface area contributed by atoms with Crippen LogP contribution in [0.3, 0.4) is 0 Å². The van der Waals surface area contributed by atoms with Gasteiger partial charge < -0.3 is 9.47 Å². The lowest BCUT2D eigenvalue weighted by Gasteiger charge is -2.33. The molecule has 0 radical (unpaired) electrons. The second-order valence-corrected chi connectivity index (χ2v) is 10.4. The Morgan fingerprint density at radius 3 is 1.89 bits per heavy atom. The van der Waals surface area contributed by atoms with Crippen molar-refractivity contribution in [3.05, 3.63) is 65.7 Å². The number of aryl methyl sites for hydroxylation is 1. The van der Waals surface area contributed by atoms with Gasteiger partial charge in [0.25, 0.3) is 0 Å². The van der Waals surface area contributed by atoms with Crippen LogP contribution in [0.1, 0.15) is 65.2 Å². The van der Waals surface area contributed by atoms with Crippen molar-refractivity contribution in [2.24, 2.45) is 0 Å². The van der Waals surface area contributed by atoms with E-state index in [0.717, 1.165) is 12.2 Å². The van der Waals surface area contributed by atoms with Crippen molar-refractivity contribution < 1.29 is 9.47 Å². The lowest BCUT2D eigenvalue weighted by Crippen LogP contribution is -2.32. The fourth-order valence-corrected chi connectivity index (χ4v) is 3.97. The largest absolute Gasteiger partial charge is 0.372 e. The Bertz CT molecular complexity index is 696. The molecule has 2 atom stereocenters. The van der Waals surface area contributed by atoms with Crippen molar-refractivity contribution in [1.29, 1.82) is 0 Å². The second kappa shape index (κ2) is 9.96. The Balaban J connectivity index is 2.15.